The average Bonchev–Trinajstić information content (AvgIpc) is 2.95. The van der Waals surface area contributed by atoms with Gasteiger partial charge in [0.05, 0.1) is 11.2 Å². The molecule has 0 radical (unpaired) electrons. The Kier molecular flexibility index (Phi) is 4.69. The highest BCUT2D eigenvalue weighted by molar-refractivity contribution is 5.92. The Morgan fingerprint density at radius 3 is 2.92 bits per heavy atom. The van der Waals surface area contributed by atoms with Crippen molar-refractivity contribution < 1.29 is 9.21 Å². The van der Waals surface area contributed by atoms with Gasteiger partial charge in [-0.1, -0.05) is 24.3 Å². The summed E-state index contributed by atoms with van der Waals surface area (Å²) in [7, 11) is 0. The van der Waals surface area contributed by atoms with Crippen LogP contribution >= 0.6 is 0 Å². The molecule has 5 nitrogen and oxygen atoms in total. The van der Waals surface area contributed by atoms with Crippen molar-refractivity contribution in [3.63, 3.8) is 0 Å². The third-order valence-electron chi connectivity index (χ3n) is 5.30. The molecule has 0 saturated carbocycles. The SMILES string of the molecule is Cc1ncoc1C(=O)N1CCC[C@H](Cc2cccc3cccnc23)CC1. The fraction of sp³-hybridized carbons (Fsp3) is 0.381. The molecule has 1 fully saturated rings. The fourth-order valence-corrected chi connectivity index (χ4v) is 3.87. The molecule has 0 N–H and O–H groups in total. The molecular weight excluding hydrogens is 326 g/mol. The number of amides is 1. The van der Waals surface area contributed by atoms with Crippen molar-refractivity contribution >= 4 is 16.8 Å². The summed E-state index contributed by atoms with van der Waals surface area (Å²) >= 11 is 0. The van der Waals surface area contributed by atoms with Gasteiger partial charge in [-0.2, -0.15) is 0 Å². The number of carbonyl (C=O) groups is 1. The standard InChI is InChI=1S/C21H23N3O2/c1-15-20(26-14-23-15)21(25)24-11-4-5-16(9-12-24)13-18-7-2-6-17-8-3-10-22-19(17)18/h2-3,6-8,10,14,16H,4-5,9,11-13H2,1H3/t16-/m0/s1. The van der Waals surface area contributed by atoms with E-state index in [1.54, 1.807) is 0 Å². The molecule has 1 amide bonds. The number of likely N-dealkylation sites (tertiary alicyclic amines) is 1. The summed E-state index contributed by atoms with van der Waals surface area (Å²) in [5.41, 5.74) is 3.07. The number of pyridine rings is 1. The molecule has 0 spiro atoms. The van der Waals surface area contributed by atoms with Crippen LogP contribution in [0.5, 0.6) is 0 Å². The van der Waals surface area contributed by atoms with Gasteiger partial charge in [-0.05, 0) is 50.2 Å². The quantitative estimate of drug-likeness (QED) is 0.717. The zero-order chi connectivity index (χ0) is 17.9. The van der Waals surface area contributed by atoms with Crippen molar-refractivity contribution in [3.8, 4) is 0 Å². The highest BCUT2D eigenvalue weighted by atomic mass is 16.3. The maximum Gasteiger partial charge on any atom is 0.291 e. The van der Waals surface area contributed by atoms with Gasteiger partial charge in [0.25, 0.3) is 5.91 Å². The van der Waals surface area contributed by atoms with Crippen LogP contribution in [0.3, 0.4) is 0 Å². The van der Waals surface area contributed by atoms with E-state index in [2.05, 4.69) is 34.2 Å². The molecule has 2 aromatic heterocycles. The molecule has 3 aromatic rings. The van der Waals surface area contributed by atoms with Crippen molar-refractivity contribution in [2.24, 2.45) is 5.92 Å². The lowest BCUT2D eigenvalue weighted by Gasteiger charge is -2.19. The molecule has 1 aliphatic heterocycles. The molecule has 3 heterocycles. The molecule has 1 saturated heterocycles. The second-order valence-electron chi connectivity index (χ2n) is 7.05. The maximum atomic E-state index is 12.7. The molecule has 5 heteroatoms. The van der Waals surface area contributed by atoms with Crippen molar-refractivity contribution in [3.05, 3.63) is 59.9 Å². The molecular formula is C21H23N3O2. The van der Waals surface area contributed by atoms with Crippen LogP contribution in [0.4, 0.5) is 0 Å². The summed E-state index contributed by atoms with van der Waals surface area (Å²) in [5.74, 6) is 0.908. The van der Waals surface area contributed by atoms with Crippen LogP contribution < -0.4 is 0 Å². The topological polar surface area (TPSA) is 59.2 Å². The van der Waals surface area contributed by atoms with E-state index < -0.39 is 0 Å². The number of rotatable bonds is 3. The van der Waals surface area contributed by atoms with Gasteiger partial charge >= 0.3 is 0 Å². The molecule has 1 aromatic carbocycles. The highest BCUT2D eigenvalue weighted by Crippen LogP contribution is 2.26. The van der Waals surface area contributed by atoms with Crippen LogP contribution in [0, 0.1) is 12.8 Å². The highest BCUT2D eigenvalue weighted by Gasteiger charge is 2.25. The van der Waals surface area contributed by atoms with Gasteiger partial charge in [0.15, 0.2) is 6.39 Å². The zero-order valence-corrected chi connectivity index (χ0v) is 15.0. The normalized spacial score (nSPS) is 18.0. The van der Waals surface area contributed by atoms with E-state index >= 15 is 0 Å². The Morgan fingerprint density at radius 1 is 1.19 bits per heavy atom. The first kappa shape index (κ1) is 16.8. The van der Waals surface area contributed by atoms with Gasteiger partial charge in [0, 0.05) is 24.7 Å². The lowest BCUT2D eigenvalue weighted by molar-refractivity contribution is 0.0727. The molecule has 1 aliphatic rings. The van der Waals surface area contributed by atoms with E-state index in [0.29, 0.717) is 17.4 Å². The minimum absolute atomic E-state index is 0.0347. The van der Waals surface area contributed by atoms with Crippen molar-refractivity contribution in [2.75, 3.05) is 13.1 Å². The van der Waals surface area contributed by atoms with E-state index in [1.807, 2.05) is 24.1 Å². The van der Waals surface area contributed by atoms with E-state index in [9.17, 15) is 4.79 Å². The largest absolute Gasteiger partial charge is 0.438 e. The van der Waals surface area contributed by atoms with Crippen molar-refractivity contribution in [1.29, 1.82) is 0 Å². The molecule has 0 unspecified atom stereocenters. The minimum Gasteiger partial charge on any atom is -0.438 e. The Bertz CT molecular complexity index is 913. The number of para-hydroxylation sites is 1. The van der Waals surface area contributed by atoms with Crippen LogP contribution in [-0.2, 0) is 6.42 Å². The Morgan fingerprint density at radius 2 is 2.08 bits per heavy atom. The number of benzene rings is 1. The number of aromatic nitrogens is 2. The van der Waals surface area contributed by atoms with Crippen LogP contribution in [0.15, 0.2) is 47.3 Å². The number of carbonyl (C=O) groups excluding carboxylic acids is 1. The van der Waals surface area contributed by atoms with Crippen molar-refractivity contribution in [2.45, 2.75) is 32.6 Å². The second-order valence-corrected chi connectivity index (χ2v) is 7.05. The summed E-state index contributed by atoms with van der Waals surface area (Å²) in [4.78, 5) is 23.2. The molecule has 4 rings (SSSR count). The van der Waals surface area contributed by atoms with Gasteiger partial charge in [0.1, 0.15) is 0 Å². The van der Waals surface area contributed by atoms with Gasteiger partial charge in [-0.25, -0.2) is 4.98 Å². The van der Waals surface area contributed by atoms with E-state index in [1.165, 1.54) is 17.3 Å². The van der Waals surface area contributed by atoms with Crippen LogP contribution in [-0.4, -0.2) is 33.9 Å². The Hall–Kier alpha value is -2.69. The lowest BCUT2D eigenvalue weighted by Crippen LogP contribution is -2.32. The molecule has 0 aliphatic carbocycles. The molecule has 1 atom stereocenters. The van der Waals surface area contributed by atoms with E-state index in [0.717, 1.165) is 44.3 Å². The number of hydrogen-bond donors (Lipinski definition) is 0. The number of aryl methyl sites for hydroxylation is 1. The molecule has 134 valence electrons. The first-order valence-corrected chi connectivity index (χ1v) is 9.24. The monoisotopic (exact) mass is 349 g/mol. The average molecular weight is 349 g/mol. The number of fused-ring (bicyclic) bond motifs is 1. The number of oxazole rings is 1. The fourth-order valence-electron chi connectivity index (χ4n) is 3.87. The van der Waals surface area contributed by atoms with Gasteiger partial charge in [-0.3, -0.25) is 9.78 Å². The first-order valence-electron chi connectivity index (χ1n) is 9.24. The predicted octanol–water partition coefficient (Wildman–Crippen LogP) is 4.02. The van der Waals surface area contributed by atoms with E-state index in [4.69, 9.17) is 4.42 Å². The van der Waals surface area contributed by atoms with E-state index in [-0.39, 0.29) is 5.91 Å². The van der Waals surface area contributed by atoms with Crippen LogP contribution in [0.2, 0.25) is 0 Å². The maximum absolute atomic E-state index is 12.7. The summed E-state index contributed by atoms with van der Waals surface area (Å²) in [5, 5.41) is 1.19. The summed E-state index contributed by atoms with van der Waals surface area (Å²) in [6, 6.07) is 10.5. The second kappa shape index (κ2) is 7.28. The third kappa shape index (κ3) is 3.34. The van der Waals surface area contributed by atoms with Crippen LogP contribution in [0.25, 0.3) is 10.9 Å². The Balaban J connectivity index is 1.45. The lowest BCUT2D eigenvalue weighted by atomic mass is 9.91. The Labute approximate surface area is 153 Å². The molecule has 26 heavy (non-hydrogen) atoms. The van der Waals surface area contributed by atoms with Gasteiger partial charge in [0.2, 0.25) is 5.76 Å². The van der Waals surface area contributed by atoms with Gasteiger partial charge in [-0.15, -0.1) is 0 Å². The van der Waals surface area contributed by atoms with Crippen molar-refractivity contribution in [1.82, 2.24) is 14.9 Å². The predicted molar refractivity (Wildman–Crippen MR) is 99.9 cm³/mol. The minimum atomic E-state index is -0.0347. The zero-order valence-electron chi connectivity index (χ0n) is 15.0. The third-order valence-corrected chi connectivity index (χ3v) is 5.30. The smallest absolute Gasteiger partial charge is 0.291 e. The van der Waals surface area contributed by atoms with Crippen LogP contribution in [0.1, 0.15) is 41.1 Å². The summed E-state index contributed by atoms with van der Waals surface area (Å²) in [6.07, 6.45) is 7.36. The summed E-state index contributed by atoms with van der Waals surface area (Å²) in [6.45, 7) is 3.36. The number of hydrogen-bond acceptors (Lipinski definition) is 4. The van der Waals surface area contributed by atoms with Gasteiger partial charge < -0.3 is 9.32 Å². The first-order chi connectivity index (χ1) is 12.7. The molecule has 0 bridgehead atoms. The summed E-state index contributed by atoms with van der Waals surface area (Å²) < 4.78 is 5.28. The number of nitrogens with zero attached hydrogens (tertiary/aromatic N) is 3.